The summed E-state index contributed by atoms with van der Waals surface area (Å²) in [5, 5.41) is 6.75. The molecule has 6 nitrogen and oxygen atoms in total. The minimum Gasteiger partial charge on any atom is -0.378 e. The number of guanidine groups is 1. The van der Waals surface area contributed by atoms with Gasteiger partial charge in [-0.1, -0.05) is 26.8 Å². The van der Waals surface area contributed by atoms with E-state index < -0.39 is 0 Å². The number of nitrogens with zero attached hydrogens (tertiary/aromatic N) is 3. The molecule has 0 aromatic carbocycles. The lowest BCUT2D eigenvalue weighted by molar-refractivity contribution is 0.0258. The Morgan fingerprint density at radius 2 is 2.00 bits per heavy atom. The third kappa shape index (κ3) is 9.07. The van der Waals surface area contributed by atoms with Gasteiger partial charge in [-0.2, -0.15) is 0 Å². The lowest BCUT2D eigenvalue weighted by Gasteiger charge is -2.31. The van der Waals surface area contributed by atoms with Crippen molar-refractivity contribution in [3.05, 3.63) is 23.9 Å². The molecule has 1 unspecified atom stereocenters. The Bertz CT molecular complexity index is 585. The maximum atomic E-state index is 5.80. The number of halogens is 1. The summed E-state index contributed by atoms with van der Waals surface area (Å²) >= 11 is 0. The van der Waals surface area contributed by atoms with E-state index in [1.54, 1.807) is 7.05 Å². The number of hydrogen-bond acceptors (Lipinski definition) is 4. The highest BCUT2D eigenvalue weighted by atomic mass is 127. The maximum absolute atomic E-state index is 5.80. The van der Waals surface area contributed by atoms with Crippen LogP contribution >= 0.6 is 24.0 Å². The summed E-state index contributed by atoms with van der Waals surface area (Å²) in [5.41, 5.74) is 1.16. The molecular formula is C22H40IN5O. The summed E-state index contributed by atoms with van der Waals surface area (Å²) in [6, 6.07) is 4.29. The molecule has 0 saturated carbocycles. The van der Waals surface area contributed by atoms with Crippen molar-refractivity contribution in [3.8, 4) is 0 Å². The molecule has 2 N–H and O–H groups in total. The second kappa shape index (κ2) is 14.0. The molecule has 29 heavy (non-hydrogen) atoms. The van der Waals surface area contributed by atoms with Crippen LogP contribution in [0, 0.1) is 11.8 Å². The van der Waals surface area contributed by atoms with Crippen molar-refractivity contribution in [1.29, 1.82) is 0 Å². The molecule has 1 saturated heterocycles. The first-order chi connectivity index (χ1) is 13.5. The monoisotopic (exact) mass is 517 g/mol. The number of rotatable bonds is 9. The number of nitrogens with one attached hydrogen (secondary N) is 2. The molecule has 0 aliphatic carbocycles. The summed E-state index contributed by atoms with van der Waals surface area (Å²) in [5.74, 6) is 3.26. The fourth-order valence-corrected chi connectivity index (χ4v) is 3.51. The van der Waals surface area contributed by atoms with Crippen LogP contribution in [0.15, 0.2) is 23.3 Å². The number of anilines is 1. The van der Waals surface area contributed by atoms with Gasteiger partial charge in [0, 0.05) is 46.0 Å². The van der Waals surface area contributed by atoms with Gasteiger partial charge >= 0.3 is 0 Å². The van der Waals surface area contributed by atoms with E-state index in [9.17, 15) is 0 Å². The van der Waals surface area contributed by atoms with Gasteiger partial charge in [0.25, 0.3) is 0 Å². The summed E-state index contributed by atoms with van der Waals surface area (Å²) in [6.07, 6.45) is 5.74. The molecule has 166 valence electrons. The highest BCUT2D eigenvalue weighted by Gasteiger charge is 2.16. The van der Waals surface area contributed by atoms with Crippen LogP contribution in [0.5, 0.6) is 0 Å². The van der Waals surface area contributed by atoms with E-state index in [0.29, 0.717) is 12.5 Å². The van der Waals surface area contributed by atoms with Crippen LogP contribution < -0.4 is 15.5 Å². The minimum absolute atomic E-state index is 0. The van der Waals surface area contributed by atoms with Gasteiger partial charge in [-0.15, -0.1) is 24.0 Å². The van der Waals surface area contributed by atoms with E-state index in [0.717, 1.165) is 55.9 Å². The molecule has 7 heteroatoms. The predicted octanol–water partition coefficient (Wildman–Crippen LogP) is 4.05. The van der Waals surface area contributed by atoms with Crippen molar-refractivity contribution in [2.75, 3.05) is 38.2 Å². The standard InChI is InChI=1S/C22H39N5O.HI/c1-6-28-20(17(2)3)9-12-24-22(23-5)26-16-19-7-8-21(25-15-19)27-13-10-18(4)11-14-27;/h7-8,15,17-18,20H,6,9-14,16H2,1-5H3,(H2,23,24,26);1H. The van der Waals surface area contributed by atoms with Crippen LogP contribution in [0.25, 0.3) is 0 Å². The fourth-order valence-electron chi connectivity index (χ4n) is 3.51. The maximum Gasteiger partial charge on any atom is 0.191 e. The zero-order valence-electron chi connectivity index (χ0n) is 18.8. The lowest BCUT2D eigenvalue weighted by atomic mass is 9.99. The van der Waals surface area contributed by atoms with Crippen molar-refractivity contribution >= 4 is 35.8 Å². The normalized spacial score (nSPS) is 16.5. The highest BCUT2D eigenvalue weighted by molar-refractivity contribution is 14.0. The van der Waals surface area contributed by atoms with Crippen molar-refractivity contribution in [3.63, 3.8) is 0 Å². The number of piperidine rings is 1. The summed E-state index contributed by atoms with van der Waals surface area (Å²) in [7, 11) is 1.80. The zero-order valence-corrected chi connectivity index (χ0v) is 21.1. The van der Waals surface area contributed by atoms with E-state index in [4.69, 9.17) is 4.74 Å². The quantitative estimate of drug-likeness (QED) is 0.294. The van der Waals surface area contributed by atoms with E-state index >= 15 is 0 Å². The molecule has 2 heterocycles. The van der Waals surface area contributed by atoms with Crippen LogP contribution in [0.4, 0.5) is 5.82 Å². The number of aliphatic imine (C=N–C) groups is 1. The second-order valence-corrected chi connectivity index (χ2v) is 8.07. The topological polar surface area (TPSA) is 61.8 Å². The van der Waals surface area contributed by atoms with E-state index in [2.05, 4.69) is 65.3 Å². The van der Waals surface area contributed by atoms with Crippen LogP contribution in [0.3, 0.4) is 0 Å². The Morgan fingerprint density at radius 3 is 2.55 bits per heavy atom. The molecule has 0 bridgehead atoms. The minimum atomic E-state index is 0. The summed E-state index contributed by atoms with van der Waals surface area (Å²) in [4.78, 5) is 11.4. The highest BCUT2D eigenvalue weighted by Crippen LogP contribution is 2.21. The average molecular weight is 518 g/mol. The van der Waals surface area contributed by atoms with E-state index in [1.165, 1.54) is 12.8 Å². The number of pyridine rings is 1. The van der Waals surface area contributed by atoms with Crippen LogP contribution in [0.2, 0.25) is 0 Å². The molecule has 1 fully saturated rings. The summed E-state index contributed by atoms with van der Waals surface area (Å²) < 4.78 is 5.80. The van der Waals surface area contributed by atoms with Gasteiger partial charge in [0.05, 0.1) is 6.10 Å². The predicted molar refractivity (Wildman–Crippen MR) is 133 cm³/mol. The largest absolute Gasteiger partial charge is 0.378 e. The van der Waals surface area contributed by atoms with E-state index in [-0.39, 0.29) is 30.1 Å². The first-order valence-corrected chi connectivity index (χ1v) is 10.8. The molecule has 0 radical (unpaired) electrons. The SMILES string of the molecule is CCOC(CCNC(=NC)NCc1ccc(N2CCC(C)CC2)nc1)C(C)C.I. The lowest BCUT2D eigenvalue weighted by Crippen LogP contribution is -2.39. The van der Waals surface area contributed by atoms with Gasteiger partial charge < -0.3 is 20.3 Å². The van der Waals surface area contributed by atoms with Crippen molar-refractivity contribution in [2.45, 2.75) is 59.6 Å². The molecule has 1 atom stereocenters. The van der Waals surface area contributed by atoms with E-state index in [1.807, 2.05) is 6.20 Å². The van der Waals surface area contributed by atoms with Gasteiger partial charge in [-0.3, -0.25) is 4.99 Å². The number of aromatic nitrogens is 1. The number of hydrogen-bond donors (Lipinski definition) is 2. The Labute approximate surface area is 194 Å². The Morgan fingerprint density at radius 1 is 1.28 bits per heavy atom. The van der Waals surface area contributed by atoms with Crippen molar-refractivity contribution in [1.82, 2.24) is 15.6 Å². The fraction of sp³-hybridized carbons (Fsp3) is 0.727. The Balaban J connectivity index is 0.00000420. The van der Waals surface area contributed by atoms with Crippen LogP contribution in [0.1, 0.15) is 52.5 Å². The molecule has 1 aliphatic heterocycles. The van der Waals surface area contributed by atoms with Crippen LogP contribution in [-0.2, 0) is 11.3 Å². The van der Waals surface area contributed by atoms with Gasteiger partial charge in [0.15, 0.2) is 5.96 Å². The third-order valence-corrected chi connectivity index (χ3v) is 5.45. The van der Waals surface area contributed by atoms with Gasteiger partial charge in [0.1, 0.15) is 5.82 Å². The smallest absolute Gasteiger partial charge is 0.191 e. The second-order valence-electron chi connectivity index (χ2n) is 8.07. The molecular weight excluding hydrogens is 477 g/mol. The molecule has 1 aliphatic rings. The van der Waals surface area contributed by atoms with Crippen LogP contribution in [-0.4, -0.2) is 50.3 Å². The Hall–Kier alpha value is -1.09. The molecule has 0 amide bonds. The first-order valence-electron chi connectivity index (χ1n) is 10.8. The molecule has 2 rings (SSSR count). The Kier molecular flexibility index (Phi) is 12.5. The van der Waals surface area contributed by atoms with Gasteiger partial charge in [0.2, 0.25) is 0 Å². The molecule has 1 aromatic rings. The van der Waals surface area contributed by atoms with Crippen molar-refractivity contribution in [2.24, 2.45) is 16.8 Å². The average Bonchev–Trinajstić information content (AvgIpc) is 2.70. The molecule has 0 spiro atoms. The molecule has 1 aromatic heterocycles. The first kappa shape index (κ1) is 25.9. The third-order valence-electron chi connectivity index (χ3n) is 5.45. The van der Waals surface area contributed by atoms with Gasteiger partial charge in [-0.25, -0.2) is 4.98 Å². The zero-order chi connectivity index (χ0) is 20.4. The number of ether oxygens (including phenoxy) is 1. The van der Waals surface area contributed by atoms with Gasteiger partial charge in [-0.05, 0) is 49.7 Å². The van der Waals surface area contributed by atoms with Crippen molar-refractivity contribution < 1.29 is 4.74 Å². The summed E-state index contributed by atoms with van der Waals surface area (Å²) in [6.45, 7) is 13.3.